The molecule has 4 heterocycles. The van der Waals surface area contributed by atoms with E-state index in [4.69, 9.17) is 9.47 Å². The maximum absolute atomic E-state index is 14.3. The third-order valence-electron chi connectivity index (χ3n) is 8.80. The molecule has 1 aromatic rings. The van der Waals surface area contributed by atoms with Crippen LogP contribution in [0.4, 0.5) is 4.39 Å². The summed E-state index contributed by atoms with van der Waals surface area (Å²) in [6.45, 7) is 3.09. The molecule has 4 fully saturated rings. The van der Waals surface area contributed by atoms with E-state index in [1.165, 1.54) is 6.42 Å². The van der Waals surface area contributed by atoms with Gasteiger partial charge in [0, 0.05) is 44.3 Å². The van der Waals surface area contributed by atoms with Gasteiger partial charge in [-0.1, -0.05) is 6.42 Å². The van der Waals surface area contributed by atoms with Gasteiger partial charge in [-0.25, -0.2) is 4.39 Å². The number of piperidine rings is 1. The number of halogens is 1. The van der Waals surface area contributed by atoms with E-state index in [9.17, 15) is 18.8 Å². The first-order valence-corrected chi connectivity index (χ1v) is 13.4. The van der Waals surface area contributed by atoms with Crippen LogP contribution in [0.15, 0.2) is 18.2 Å². The molecule has 3 amide bonds. The van der Waals surface area contributed by atoms with Gasteiger partial charge in [-0.2, -0.15) is 0 Å². The number of carbonyl (C=O) groups excluding carboxylic acids is 3. The Morgan fingerprint density at radius 2 is 1.89 bits per heavy atom. The molecule has 2 unspecified atom stereocenters. The Balaban J connectivity index is 1.10. The summed E-state index contributed by atoms with van der Waals surface area (Å²) in [7, 11) is 0. The molecule has 8 nitrogen and oxygen atoms in total. The van der Waals surface area contributed by atoms with Crippen LogP contribution in [0.5, 0.6) is 5.75 Å². The number of benzene rings is 1. The topological polar surface area (TPSA) is 88.2 Å². The lowest BCUT2D eigenvalue weighted by molar-refractivity contribution is -0.136. The van der Waals surface area contributed by atoms with Gasteiger partial charge in [0.15, 0.2) is 0 Å². The summed E-state index contributed by atoms with van der Waals surface area (Å²) in [5.74, 6) is 0.391. The van der Waals surface area contributed by atoms with Crippen LogP contribution in [0, 0.1) is 11.8 Å². The molecule has 1 aliphatic carbocycles. The predicted molar refractivity (Wildman–Crippen MR) is 128 cm³/mol. The molecule has 0 bridgehead atoms. The molecule has 9 heteroatoms. The lowest BCUT2D eigenvalue weighted by Crippen LogP contribution is -2.60. The fraction of sp³-hybridized carbons (Fsp3) is 0.667. The molecule has 1 N–H and O–H groups in total. The van der Waals surface area contributed by atoms with Gasteiger partial charge in [0.25, 0.3) is 5.91 Å². The zero-order valence-electron chi connectivity index (χ0n) is 20.5. The lowest BCUT2D eigenvalue weighted by Gasteiger charge is -2.51. The lowest BCUT2D eigenvalue weighted by atomic mass is 9.77. The van der Waals surface area contributed by atoms with Gasteiger partial charge in [-0.15, -0.1) is 0 Å². The van der Waals surface area contributed by atoms with Crippen LogP contribution in [0.3, 0.4) is 0 Å². The first kappa shape index (κ1) is 23.9. The Kier molecular flexibility index (Phi) is 6.46. The van der Waals surface area contributed by atoms with Crippen molar-refractivity contribution < 1.29 is 28.2 Å². The van der Waals surface area contributed by atoms with Crippen molar-refractivity contribution in [1.82, 2.24) is 15.1 Å². The van der Waals surface area contributed by atoms with Crippen LogP contribution < -0.4 is 10.1 Å². The van der Waals surface area contributed by atoms with Gasteiger partial charge < -0.3 is 14.4 Å². The van der Waals surface area contributed by atoms with Gasteiger partial charge in [-0.3, -0.25) is 24.6 Å². The first-order valence-electron chi connectivity index (χ1n) is 13.4. The number of nitrogens with one attached hydrogen (secondary N) is 1. The molecular weight excluding hydrogens is 465 g/mol. The molecule has 5 aliphatic rings. The van der Waals surface area contributed by atoms with Crippen LogP contribution in [-0.2, 0) is 20.9 Å². The minimum Gasteiger partial charge on any atom is -0.489 e. The molecule has 194 valence electrons. The van der Waals surface area contributed by atoms with E-state index in [2.05, 4.69) is 10.2 Å². The van der Waals surface area contributed by atoms with Gasteiger partial charge in [0.2, 0.25) is 11.8 Å². The smallest absolute Gasteiger partial charge is 0.255 e. The maximum Gasteiger partial charge on any atom is 0.255 e. The number of hydrogen-bond donors (Lipinski definition) is 1. The Bertz CT molecular complexity index is 1040. The minimum atomic E-state index is -0.849. The van der Waals surface area contributed by atoms with Crippen molar-refractivity contribution in [2.45, 2.75) is 75.8 Å². The number of imide groups is 1. The van der Waals surface area contributed by atoms with Crippen molar-refractivity contribution in [1.29, 1.82) is 0 Å². The Labute approximate surface area is 210 Å². The van der Waals surface area contributed by atoms with Crippen molar-refractivity contribution in [3.63, 3.8) is 0 Å². The molecule has 0 aromatic heterocycles. The summed E-state index contributed by atoms with van der Waals surface area (Å²) in [4.78, 5) is 40.8. The van der Waals surface area contributed by atoms with E-state index in [0.29, 0.717) is 37.1 Å². The SMILES string of the molecule is O=C1CCC(N2Cc3cc(O[C@H]4CCCC[C@H]4N4CC(C5CCOC[C@H]5F)C4)ccc3C2=O)C(=O)N1. The number of hydrogen-bond acceptors (Lipinski definition) is 6. The number of likely N-dealkylation sites (tertiary alicyclic amines) is 1. The molecule has 6 rings (SSSR count). The van der Waals surface area contributed by atoms with E-state index in [-0.39, 0.29) is 36.9 Å². The molecule has 5 atom stereocenters. The average molecular weight is 500 g/mol. The Morgan fingerprint density at radius 1 is 1.06 bits per heavy atom. The largest absolute Gasteiger partial charge is 0.489 e. The second-order valence-electron chi connectivity index (χ2n) is 11.0. The fourth-order valence-electron chi connectivity index (χ4n) is 6.77. The highest BCUT2D eigenvalue weighted by atomic mass is 19.1. The summed E-state index contributed by atoms with van der Waals surface area (Å²) < 4.78 is 26.1. The number of alkyl halides is 1. The average Bonchev–Trinajstić information content (AvgIpc) is 3.16. The van der Waals surface area contributed by atoms with E-state index in [1.807, 2.05) is 12.1 Å². The zero-order chi connectivity index (χ0) is 24.8. The molecule has 1 saturated carbocycles. The van der Waals surface area contributed by atoms with E-state index in [0.717, 1.165) is 50.1 Å². The van der Waals surface area contributed by atoms with Crippen molar-refractivity contribution in [2.75, 3.05) is 26.3 Å². The van der Waals surface area contributed by atoms with Gasteiger partial charge in [0.05, 0.1) is 6.61 Å². The number of fused-ring (bicyclic) bond motifs is 1. The van der Waals surface area contributed by atoms with Crippen LogP contribution >= 0.6 is 0 Å². The summed E-state index contributed by atoms with van der Waals surface area (Å²) >= 11 is 0. The monoisotopic (exact) mass is 499 g/mol. The van der Waals surface area contributed by atoms with Crippen molar-refractivity contribution in [3.8, 4) is 5.75 Å². The number of carbonyl (C=O) groups is 3. The van der Waals surface area contributed by atoms with E-state index >= 15 is 0 Å². The second-order valence-corrected chi connectivity index (χ2v) is 11.0. The predicted octanol–water partition coefficient (Wildman–Crippen LogP) is 2.44. The standard InChI is InChI=1S/C27H34FN3O5/c28-21-15-35-10-9-19(21)17-12-30(13-17)22-3-1-2-4-24(22)36-18-5-6-20-16(11-18)14-31(27(20)34)23-7-8-25(32)29-26(23)33/h5-6,11,17,19,21-24H,1-4,7-10,12-15H2,(H,29,32,33)/t19?,21-,22-,23?,24+/m1/s1. The number of amides is 3. The van der Waals surface area contributed by atoms with E-state index < -0.39 is 18.1 Å². The quantitative estimate of drug-likeness (QED) is 0.627. The van der Waals surface area contributed by atoms with Crippen LogP contribution in [0.25, 0.3) is 0 Å². The molecular formula is C27H34FN3O5. The zero-order valence-corrected chi connectivity index (χ0v) is 20.5. The highest BCUT2D eigenvalue weighted by molar-refractivity contribution is 6.05. The highest BCUT2D eigenvalue weighted by Gasteiger charge is 2.44. The van der Waals surface area contributed by atoms with Gasteiger partial charge >= 0.3 is 0 Å². The second kappa shape index (κ2) is 9.74. The third kappa shape index (κ3) is 4.41. The molecule has 4 aliphatic heterocycles. The van der Waals surface area contributed by atoms with Gasteiger partial charge in [0.1, 0.15) is 24.1 Å². The molecule has 0 radical (unpaired) electrons. The maximum atomic E-state index is 14.3. The number of ether oxygens (including phenoxy) is 2. The van der Waals surface area contributed by atoms with Gasteiger partial charge in [-0.05, 0) is 67.7 Å². The third-order valence-corrected chi connectivity index (χ3v) is 8.80. The minimum absolute atomic E-state index is 0.0666. The molecule has 0 spiro atoms. The highest BCUT2D eigenvalue weighted by Crippen LogP contribution is 2.38. The Hall–Kier alpha value is -2.52. The number of nitrogens with zero attached hydrogens (tertiary/aromatic N) is 2. The summed E-state index contributed by atoms with van der Waals surface area (Å²) in [6, 6.07) is 5.28. The summed E-state index contributed by atoms with van der Waals surface area (Å²) in [5, 5.41) is 2.34. The fourth-order valence-corrected chi connectivity index (χ4v) is 6.77. The molecule has 1 aromatic carbocycles. The van der Waals surface area contributed by atoms with Crippen LogP contribution in [0.1, 0.15) is 60.9 Å². The summed E-state index contributed by atoms with van der Waals surface area (Å²) in [6.07, 6.45) is 4.98. The van der Waals surface area contributed by atoms with Crippen molar-refractivity contribution in [2.24, 2.45) is 11.8 Å². The van der Waals surface area contributed by atoms with Crippen molar-refractivity contribution in [3.05, 3.63) is 29.3 Å². The summed E-state index contributed by atoms with van der Waals surface area (Å²) in [5.41, 5.74) is 1.45. The van der Waals surface area contributed by atoms with Crippen LogP contribution in [-0.4, -0.2) is 78.2 Å². The normalized spacial score (nSPS) is 33.8. The Morgan fingerprint density at radius 3 is 2.69 bits per heavy atom. The number of rotatable bonds is 5. The first-order chi connectivity index (χ1) is 17.5. The van der Waals surface area contributed by atoms with E-state index in [1.54, 1.807) is 11.0 Å². The molecule has 36 heavy (non-hydrogen) atoms. The van der Waals surface area contributed by atoms with Crippen LogP contribution in [0.2, 0.25) is 0 Å². The molecule has 3 saturated heterocycles. The van der Waals surface area contributed by atoms with Crippen molar-refractivity contribution >= 4 is 17.7 Å².